The molecule has 0 aliphatic rings. The molecule has 0 fully saturated rings. The highest BCUT2D eigenvalue weighted by Gasteiger charge is 2.34. The maximum Gasteiger partial charge on any atom is 0.310 e. The smallest absolute Gasteiger partial charge is 0.310 e. The number of benzene rings is 1. The number of carbonyl (C=O) groups is 1. The Morgan fingerprint density at radius 3 is 2.55 bits per heavy atom. The van der Waals surface area contributed by atoms with Gasteiger partial charge in [0.25, 0.3) is 0 Å². The van der Waals surface area contributed by atoms with Gasteiger partial charge in [-0.3, -0.25) is 4.79 Å². The van der Waals surface area contributed by atoms with Crippen LogP contribution in [0.25, 0.3) is 0 Å². The quantitative estimate of drug-likeness (QED) is 0.759. The van der Waals surface area contributed by atoms with E-state index in [-0.39, 0.29) is 0 Å². The third-order valence-electron chi connectivity index (χ3n) is 3.84. The number of methoxy groups -OCH3 is 1. The van der Waals surface area contributed by atoms with Gasteiger partial charge in [-0.05, 0) is 34.8 Å². The lowest BCUT2D eigenvalue weighted by Crippen LogP contribution is -2.40. The maximum atomic E-state index is 11.4. The number of rotatable bonds is 8. The number of carboxylic acid groups (broad SMARTS) is 1. The van der Waals surface area contributed by atoms with Crippen molar-refractivity contribution in [1.29, 1.82) is 0 Å². The van der Waals surface area contributed by atoms with Gasteiger partial charge < -0.3 is 15.2 Å². The number of ether oxygens (including phenoxy) is 1. The molecule has 0 bridgehead atoms. The molecule has 0 saturated carbocycles. The van der Waals surface area contributed by atoms with Gasteiger partial charge in [0.05, 0.1) is 17.0 Å². The molecule has 0 aromatic heterocycles. The van der Waals surface area contributed by atoms with Gasteiger partial charge in [-0.15, -0.1) is 0 Å². The van der Waals surface area contributed by atoms with Crippen LogP contribution in [0.4, 0.5) is 0 Å². The van der Waals surface area contributed by atoms with Crippen LogP contribution in [-0.4, -0.2) is 24.7 Å². The molecule has 1 aromatic rings. The molecule has 1 rings (SSSR count). The first-order valence-electron chi connectivity index (χ1n) is 6.76. The summed E-state index contributed by atoms with van der Waals surface area (Å²) in [7, 11) is 1.63. The van der Waals surface area contributed by atoms with Gasteiger partial charge in [-0.25, -0.2) is 0 Å². The van der Waals surface area contributed by atoms with Crippen LogP contribution in [0.1, 0.15) is 32.3 Å². The number of nitrogens with one attached hydrogen (secondary N) is 1. The highest BCUT2D eigenvalue weighted by Crippen LogP contribution is 2.29. The largest absolute Gasteiger partial charge is 0.495 e. The van der Waals surface area contributed by atoms with Crippen LogP contribution in [-0.2, 0) is 11.3 Å². The first-order chi connectivity index (χ1) is 9.50. The summed E-state index contributed by atoms with van der Waals surface area (Å²) in [6.07, 6.45) is 1.23. The second-order valence-corrected chi connectivity index (χ2v) is 5.68. The van der Waals surface area contributed by atoms with Crippen molar-refractivity contribution in [1.82, 2.24) is 5.32 Å². The van der Waals surface area contributed by atoms with Gasteiger partial charge in [-0.1, -0.05) is 26.0 Å². The van der Waals surface area contributed by atoms with Crippen molar-refractivity contribution in [2.75, 3.05) is 13.7 Å². The first-order valence-corrected chi connectivity index (χ1v) is 7.55. The summed E-state index contributed by atoms with van der Waals surface area (Å²) >= 11 is 3.44. The van der Waals surface area contributed by atoms with Crippen LogP contribution in [0.15, 0.2) is 22.7 Å². The predicted molar refractivity (Wildman–Crippen MR) is 83.1 cm³/mol. The van der Waals surface area contributed by atoms with Gasteiger partial charge in [0.1, 0.15) is 5.75 Å². The minimum atomic E-state index is -0.740. The number of hydrogen-bond acceptors (Lipinski definition) is 3. The van der Waals surface area contributed by atoms with E-state index >= 15 is 0 Å². The molecule has 0 unspecified atom stereocenters. The van der Waals surface area contributed by atoms with E-state index in [4.69, 9.17) is 4.74 Å². The number of aliphatic carboxylic acids is 1. The van der Waals surface area contributed by atoms with Crippen molar-refractivity contribution in [2.45, 2.75) is 33.2 Å². The molecule has 0 spiro atoms. The van der Waals surface area contributed by atoms with Crippen LogP contribution in [0, 0.1) is 5.41 Å². The average Bonchev–Trinajstić information content (AvgIpc) is 2.43. The van der Waals surface area contributed by atoms with Crippen molar-refractivity contribution in [3.05, 3.63) is 28.2 Å². The minimum absolute atomic E-state index is 0.449. The molecule has 0 heterocycles. The lowest BCUT2D eigenvalue weighted by atomic mass is 9.82. The number of hydrogen-bond donors (Lipinski definition) is 2. The highest BCUT2D eigenvalue weighted by molar-refractivity contribution is 9.10. The molecule has 112 valence electrons. The molecule has 4 nitrogen and oxygen atoms in total. The standard InChI is InChI=1S/C15H22BrNO3/c1-4-15(5-2,14(18)19)10-17-9-11-7-6-8-12(16)13(11)20-3/h6-8,17H,4-5,9-10H2,1-3H3,(H,18,19). The van der Waals surface area contributed by atoms with E-state index in [2.05, 4.69) is 21.2 Å². The van der Waals surface area contributed by atoms with E-state index in [9.17, 15) is 9.90 Å². The van der Waals surface area contributed by atoms with E-state index in [1.54, 1.807) is 7.11 Å². The lowest BCUT2D eigenvalue weighted by Gasteiger charge is -2.27. The summed E-state index contributed by atoms with van der Waals surface area (Å²) in [6.45, 7) is 4.86. The van der Waals surface area contributed by atoms with Crippen LogP contribution in [0.3, 0.4) is 0 Å². The molecule has 2 N–H and O–H groups in total. The van der Waals surface area contributed by atoms with Gasteiger partial charge in [0.2, 0.25) is 0 Å². The van der Waals surface area contributed by atoms with E-state index in [1.165, 1.54) is 0 Å². The number of halogens is 1. The second kappa shape index (κ2) is 7.64. The normalized spacial score (nSPS) is 11.4. The molecule has 0 radical (unpaired) electrons. The zero-order valence-corrected chi connectivity index (χ0v) is 13.8. The molecule has 0 atom stereocenters. The minimum Gasteiger partial charge on any atom is -0.495 e. The van der Waals surface area contributed by atoms with Gasteiger partial charge >= 0.3 is 5.97 Å². The number of para-hydroxylation sites is 1. The molecule has 0 amide bonds. The molecular weight excluding hydrogens is 322 g/mol. The van der Waals surface area contributed by atoms with Crippen molar-refractivity contribution < 1.29 is 14.6 Å². The van der Waals surface area contributed by atoms with Gasteiger partial charge in [0.15, 0.2) is 0 Å². The van der Waals surface area contributed by atoms with E-state index in [0.717, 1.165) is 15.8 Å². The van der Waals surface area contributed by atoms with Crippen LogP contribution in [0.2, 0.25) is 0 Å². The van der Waals surface area contributed by atoms with Gasteiger partial charge in [0, 0.05) is 18.7 Å². The van der Waals surface area contributed by atoms with Crippen molar-refractivity contribution >= 4 is 21.9 Å². The Kier molecular flexibility index (Phi) is 6.49. The Bertz CT molecular complexity index is 458. The fourth-order valence-electron chi connectivity index (χ4n) is 2.24. The Labute approximate surface area is 128 Å². The fourth-order valence-corrected chi connectivity index (χ4v) is 2.80. The van der Waals surface area contributed by atoms with Crippen molar-refractivity contribution in [3.8, 4) is 5.75 Å². The summed E-state index contributed by atoms with van der Waals surface area (Å²) in [5.41, 5.74) is 0.313. The molecule has 1 aromatic carbocycles. The predicted octanol–water partition coefficient (Wildman–Crippen LogP) is 3.44. The van der Waals surface area contributed by atoms with Gasteiger partial charge in [-0.2, -0.15) is 0 Å². The van der Waals surface area contributed by atoms with Crippen LogP contribution < -0.4 is 10.1 Å². The third kappa shape index (κ3) is 3.73. The van der Waals surface area contributed by atoms with E-state index < -0.39 is 11.4 Å². The third-order valence-corrected chi connectivity index (χ3v) is 4.46. The summed E-state index contributed by atoms with van der Waals surface area (Å²) in [4.78, 5) is 11.4. The molecule has 0 aliphatic carbocycles. The SMILES string of the molecule is CCC(CC)(CNCc1cccc(Br)c1OC)C(=O)O. The Morgan fingerprint density at radius 2 is 2.05 bits per heavy atom. The maximum absolute atomic E-state index is 11.4. The lowest BCUT2D eigenvalue weighted by molar-refractivity contribution is -0.149. The summed E-state index contributed by atoms with van der Waals surface area (Å²) < 4.78 is 6.25. The van der Waals surface area contributed by atoms with Crippen molar-refractivity contribution in [2.24, 2.45) is 5.41 Å². The average molecular weight is 344 g/mol. The monoisotopic (exact) mass is 343 g/mol. The topological polar surface area (TPSA) is 58.6 Å². The zero-order chi connectivity index (χ0) is 15.2. The first kappa shape index (κ1) is 17.0. The van der Waals surface area contributed by atoms with E-state index in [0.29, 0.717) is 25.9 Å². The summed E-state index contributed by atoms with van der Waals surface area (Å²) in [5, 5.41) is 12.6. The van der Waals surface area contributed by atoms with Crippen LogP contribution in [0.5, 0.6) is 5.75 Å². The fraction of sp³-hybridized carbons (Fsp3) is 0.533. The Balaban J connectivity index is 2.73. The molecule has 5 heteroatoms. The summed E-state index contributed by atoms with van der Waals surface area (Å²) in [5.74, 6) is 0.0464. The van der Waals surface area contributed by atoms with Crippen LogP contribution >= 0.6 is 15.9 Å². The highest BCUT2D eigenvalue weighted by atomic mass is 79.9. The zero-order valence-electron chi connectivity index (χ0n) is 12.2. The molecule has 0 saturated heterocycles. The Morgan fingerprint density at radius 1 is 1.40 bits per heavy atom. The van der Waals surface area contributed by atoms with Crippen molar-refractivity contribution in [3.63, 3.8) is 0 Å². The Hall–Kier alpha value is -1.07. The molecule has 20 heavy (non-hydrogen) atoms. The summed E-state index contributed by atoms with van der Waals surface area (Å²) in [6, 6.07) is 5.83. The molecular formula is C15H22BrNO3. The molecule has 0 aliphatic heterocycles. The second-order valence-electron chi connectivity index (χ2n) is 4.83. The van der Waals surface area contributed by atoms with E-state index in [1.807, 2.05) is 32.0 Å². The number of carboxylic acids is 1.